The maximum absolute atomic E-state index is 12.6. The lowest BCUT2D eigenvalue weighted by Gasteiger charge is -2.41. The topological polar surface area (TPSA) is 54.0 Å². The molecule has 0 saturated carbocycles. The molecular formula is C29H34ClN3O3. The highest BCUT2D eigenvalue weighted by molar-refractivity contribution is 6.31. The Hall–Kier alpha value is -3.22. The second-order valence-corrected chi connectivity index (χ2v) is 9.64. The summed E-state index contributed by atoms with van der Waals surface area (Å²) in [6, 6.07) is 20.4. The van der Waals surface area contributed by atoms with Crippen molar-refractivity contribution in [3.63, 3.8) is 0 Å². The Morgan fingerprint density at radius 3 is 2.42 bits per heavy atom. The number of benzene rings is 3. The van der Waals surface area contributed by atoms with E-state index in [-0.39, 0.29) is 5.91 Å². The van der Waals surface area contributed by atoms with Crippen molar-refractivity contribution in [3.8, 4) is 11.5 Å². The summed E-state index contributed by atoms with van der Waals surface area (Å²) in [4.78, 5) is 17.5. The van der Waals surface area contributed by atoms with Crippen molar-refractivity contribution in [1.29, 1.82) is 0 Å². The van der Waals surface area contributed by atoms with Crippen molar-refractivity contribution >= 4 is 23.2 Å². The van der Waals surface area contributed by atoms with Crippen LogP contribution < -0.4 is 19.7 Å². The van der Waals surface area contributed by atoms with Crippen molar-refractivity contribution in [2.24, 2.45) is 0 Å². The Balaban J connectivity index is 1.31. The van der Waals surface area contributed by atoms with Gasteiger partial charge in [0.05, 0.1) is 14.2 Å². The van der Waals surface area contributed by atoms with Crippen molar-refractivity contribution < 1.29 is 14.3 Å². The van der Waals surface area contributed by atoms with Crippen molar-refractivity contribution in [1.82, 2.24) is 10.2 Å². The van der Waals surface area contributed by atoms with E-state index >= 15 is 0 Å². The van der Waals surface area contributed by atoms with Crippen LogP contribution >= 0.6 is 11.6 Å². The summed E-state index contributed by atoms with van der Waals surface area (Å²) in [6.45, 7) is 8.39. The smallest absolute Gasteiger partial charge is 0.251 e. The molecule has 6 nitrogen and oxygen atoms in total. The van der Waals surface area contributed by atoms with Gasteiger partial charge in [0.25, 0.3) is 5.91 Å². The molecule has 1 heterocycles. The molecule has 36 heavy (non-hydrogen) atoms. The number of ether oxygens (including phenoxy) is 2. The number of nitrogens with zero attached hydrogens (tertiary/aromatic N) is 2. The summed E-state index contributed by atoms with van der Waals surface area (Å²) in [5.41, 5.74) is 4.89. The maximum atomic E-state index is 12.6. The first-order valence-electron chi connectivity index (χ1n) is 12.2. The fourth-order valence-corrected chi connectivity index (χ4v) is 4.91. The monoisotopic (exact) mass is 507 g/mol. The highest BCUT2D eigenvalue weighted by Crippen LogP contribution is 2.29. The van der Waals surface area contributed by atoms with Gasteiger partial charge in [0.1, 0.15) is 0 Å². The van der Waals surface area contributed by atoms with Gasteiger partial charge in [-0.2, -0.15) is 0 Å². The molecular weight excluding hydrogens is 474 g/mol. The molecule has 0 spiro atoms. The second-order valence-electron chi connectivity index (χ2n) is 9.23. The van der Waals surface area contributed by atoms with Gasteiger partial charge in [-0.3, -0.25) is 9.69 Å². The van der Waals surface area contributed by atoms with Crippen molar-refractivity contribution in [2.75, 3.05) is 38.8 Å². The number of anilines is 1. The lowest BCUT2D eigenvalue weighted by Crippen LogP contribution is -2.51. The van der Waals surface area contributed by atoms with E-state index in [1.165, 1.54) is 11.3 Å². The summed E-state index contributed by atoms with van der Waals surface area (Å²) < 4.78 is 10.8. The number of amides is 1. The predicted octanol–water partition coefficient (Wildman–Crippen LogP) is 5.31. The number of carbonyl (C=O) groups is 1. The Kier molecular flexibility index (Phi) is 8.39. The molecule has 0 bridgehead atoms. The molecule has 1 fully saturated rings. The standard InChI is InChI=1S/C29H34ClN3O3/c1-20-18-32(19-23-10-13-27(35-3)28(16-23)36-4)14-15-33(20)24-11-8-22(9-12-24)17-31-29(34)25-6-5-7-26(30)21(25)2/h5-13,16,20H,14-15,17-19H2,1-4H3,(H,31,34). The molecule has 1 unspecified atom stereocenters. The third-order valence-electron chi connectivity index (χ3n) is 6.80. The normalized spacial score (nSPS) is 16.0. The quantitative estimate of drug-likeness (QED) is 0.448. The average Bonchev–Trinajstić information content (AvgIpc) is 2.89. The molecule has 0 radical (unpaired) electrons. The molecule has 0 aliphatic carbocycles. The molecule has 1 N–H and O–H groups in total. The molecule has 7 heteroatoms. The molecule has 3 aromatic rings. The van der Waals surface area contributed by atoms with Gasteiger partial charge < -0.3 is 19.7 Å². The summed E-state index contributed by atoms with van der Waals surface area (Å²) in [7, 11) is 3.32. The third kappa shape index (κ3) is 5.94. The molecule has 1 aliphatic rings. The Morgan fingerprint density at radius 1 is 1.00 bits per heavy atom. The van der Waals surface area contributed by atoms with Crippen LogP contribution in [0.15, 0.2) is 60.7 Å². The number of nitrogens with one attached hydrogen (secondary N) is 1. The Labute approximate surface area is 218 Å². The highest BCUT2D eigenvalue weighted by Gasteiger charge is 2.24. The van der Waals surface area contributed by atoms with Crippen LogP contribution in [-0.2, 0) is 13.1 Å². The number of hydrogen-bond donors (Lipinski definition) is 1. The zero-order valence-corrected chi connectivity index (χ0v) is 22.1. The first kappa shape index (κ1) is 25.9. The van der Waals surface area contributed by atoms with Crippen LogP contribution in [0.25, 0.3) is 0 Å². The maximum Gasteiger partial charge on any atom is 0.251 e. The fraction of sp³-hybridized carbons (Fsp3) is 0.345. The summed E-state index contributed by atoms with van der Waals surface area (Å²) in [5, 5.41) is 3.60. The number of halogens is 1. The number of hydrogen-bond acceptors (Lipinski definition) is 5. The number of piperazine rings is 1. The average molecular weight is 508 g/mol. The lowest BCUT2D eigenvalue weighted by molar-refractivity contribution is 0.0950. The highest BCUT2D eigenvalue weighted by atomic mass is 35.5. The van der Waals surface area contributed by atoms with E-state index in [2.05, 4.69) is 58.4 Å². The molecule has 190 valence electrons. The van der Waals surface area contributed by atoms with Crippen molar-refractivity contribution in [2.45, 2.75) is 33.0 Å². The molecule has 0 aromatic heterocycles. The van der Waals surface area contributed by atoms with Gasteiger partial charge in [0, 0.05) is 55.0 Å². The largest absolute Gasteiger partial charge is 0.493 e. The minimum atomic E-state index is -0.113. The van der Waals surface area contributed by atoms with Gasteiger partial charge in [0.2, 0.25) is 0 Å². The lowest BCUT2D eigenvalue weighted by atomic mass is 10.1. The van der Waals surface area contributed by atoms with E-state index in [0.717, 1.165) is 48.8 Å². The molecule has 1 saturated heterocycles. The van der Waals surface area contributed by atoms with Gasteiger partial charge in [-0.15, -0.1) is 0 Å². The molecule has 1 aliphatic heterocycles. The van der Waals surface area contributed by atoms with Gasteiger partial charge >= 0.3 is 0 Å². The van der Waals surface area contributed by atoms with Crippen LogP contribution in [0.3, 0.4) is 0 Å². The Bertz CT molecular complexity index is 1200. The molecule has 4 rings (SSSR count). The zero-order valence-electron chi connectivity index (χ0n) is 21.4. The summed E-state index contributed by atoms with van der Waals surface area (Å²) >= 11 is 6.15. The molecule has 3 aromatic carbocycles. The minimum Gasteiger partial charge on any atom is -0.493 e. The number of carbonyl (C=O) groups excluding carboxylic acids is 1. The van der Waals surface area contributed by atoms with E-state index in [9.17, 15) is 4.79 Å². The zero-order chi connectivity index (χ0) is 25.7. The van der Waals surface area contributed by atoms with E-state index in [1.807, 2.05) is 13.0 Å². The number of methoxy groups -OCH3 is 2. The van der Waals surface area contributed by atoms with E-state index < -0.39 is 0 Å². The Morgan fingerprint density at radius 2 is 1.72 bits per heavy atom. The summed E-state index contributed by atoms with van der Waals surface area (Å²) in [6.07, 6.45) is 0. The van der Waals surface area contributed by atoms with E-state index in [0.29, 0.717) is 23.2 Å². The number of rotatable bonds is 8. The first-order valence-corrected chi connectivity index (χ1v) is 12.6. The fourth-order valence-electron chi connectivity index (χ4n) is 4.73. The second kappa shape index (κ2) is 11.7. The van der Waals surface area contributed by atoms with Gasteiger partial charge in [0.15, 0.2) is 11.5 Å². The third-order valence-corrected chi connectivity index (χ3v) is 7.21. The van der Waals surface area contributed by atoms with Gasteiger partial charge in [-0.25, -0.2) is 0 Å². The van der Waals surface area contributed by atoms with Crippen LogP contribution in [0.1, 0.15) is 34.0 Å². The van der Waals surface area contributed by atoms with Gasteiger partial charge in [-0.05, 0) is 66.9 Å². The van der Waals surface area contributed by atoms with Crippen LogP contribution in [0, 0.1) is 6.92 Å². The summed E-state index contributed by atoms with van der Waals surface area (Å²) in [5.74, 6) is 1.40. The van der Waals surface area contributed by atoms with Crippen LogP contribution in [-0.4, -0.2) is 50.7 Å². The minimum absolute atomic E-state index is 0.113. The predicted molar refractivity (Wildman–Crippen MR) is 145 cm³/mol. The SMILES string of the molecule is COc1ccc(CN2CCN(c3ccc(CNC(=O)c4cccc(Cl)c4C)cc3)C(C)C2)cc1OC. The first-order chi connectivity index (χ1) is 17.4. The molecule has 1 atom stereocenters. The van der Waals surface area contributed by atoms with Crippen LogP contribution in [0.4, 0.5) is 5.69 Å². The van der Waals surface area contributed by atoms with Crippen LogP contribution in [0.2, 0.25) is 5.02 Å². The van der Waals surface area contributed by atoms with Crippen LogP contribution in [0.5, 0.6) is 11.5 Å². The molecule has 1 amide bonds. The van der Waals surface area contributed by atoms with E-state index in [1.54, 1.807) is 32.4 Å². The van der Waals surface area contributed by atoms with E-state index in [4.69, 9.17) is 21.1 Å². The van der Waals surface area contributed by atoms with Crippen molar-refractivity contribution in [3.05, 3.63) is 87.9 Å². The van der Waals surface area contributed by atoms with Gasteiger partial charge in [-0.1, -0.05) is 35.9 Å².